The molecule has 2 N–H and O–H groups in total. The number of halogens is 1. The van der Waals surface area contributed by atoms with Crippen LogP contribution in [0.2, 0.25) is 0 Å². The first-order chi connectivity index (χ1) is 12.0. The summed E-state index contributed by atoms with van der Waals surface area (Å²) in [5.41, 5.74) is 1.03. The Morgan fingerprint density at radius 3 is 2.60 bits per heavy atom. The molecule has 2 heterocycles. The molecule has 3 rings (SSSR count). The maximum absolute atomic E-state index is 12.3. The number of nitrogens with one attached hydrogen (secondary N) is 2. The number of pyridine rings is 1. The lowest BCUT2D eigenvalue weighted by Gasteiger charge is -2.07. The van der Waals surface area contributed by atoms with Crippen molar-refractivity contribution in [1.82, 2.24) is 10.1 Å². The lowest BCUT2D eigenvalue weighted by atomic mass is 10.2. The average Bonchev–Trinajstić information content (AvgIpc) is 3.04. The molecule has 126 valence electrons. The molecule has 0 saturated heterocycles. The summed E-state index contributed by atoms with van der Waals surface area (Å²) in [6.07, 6.45) is 1.59. The minimum Gasteiger partial charge on any atom is -0.361 e. The van der Waals surface area contributed by atoms with E-state index in [1.165, 1.54) is 6.07 Å². The Labute approximate surface area is 151 Å². The normalized spacial score (nSPS) is 10.3. The first kappa shape index (κ1) is 16.8. The summed E-state index contributed by atoms with van der Waals surface area (Å²) in [5, 5.41) is 9.02. The fourth-order valence-electron chi connectivity index (χ4n) is 2.04. The number of anilines is 2. The Hall–Kier alpha value is -3.00. The van der Waals surface area contributed by atoms with Gasteiger partial charge in [-0.15, -0.1) is 0 Å². The second-order valence-corrected chi connectivity index (χ2v) is 6.09. The van der Waals surface area contributed by atoms with Crippen LogP contribution in [-0.2, 0) is 0 Å². The predicted octanol–water partition coefficient (Wildman–Crippen LogP) is 3.65. The lowest BCUT2D eigenvalue weighted by Crippen LogP contribution is -2.15. The van der Waals surface area contributed by atoms with Gasteiger partial charge in [-0.2, -0.15) is 0 Å². The van der Waals surface area contributed by atoms with E-state index >= 15 is 0 Å². The number of aromatic nitrogens is 2. The molecule has 25 heavy (non-hydrogen) atoms. The van der Waals surface area contributed by atoms with Crippen LogP contribution in [0.5, 0.6) is 0 Å². The first-order valence-corrected chi connectivity index (χ1v) is 8.08. The van der Waals surface area contributed by atoms with E-state index in [0.29, 0.717) is 22.8 Å². The zero-order chi connectivity index (χ0) is 17.8. The van der Waals surface area contributed by atoms with Gasteiger partial charge in [-0.05, 0) is 53.2 Å². The van der Waals surface area contributed by atoms with Crippen molar-refractivity contribution in [2.75, 3.05) is 10.6 Å². The molecule has 0 saturated carbocycles. The number of rotatable bonds is 4. The summed E-state index contributed by atoms with van der Waals surface area (Å²) in [4.78, 5) is 28.5. The van der Waals surface area contributed by atoms with E-state index in [1.807, 2.05) is 0 Å². The fraction of sp³-hybridized carbons (Fsp3) is 0.0588. The van der Waals surface area contributed by atoms with Crippen LogP contribution in [0.3, 0.4) is 0 Å². The number of benzene rings is 1. The predicted molar refractivity (Wildman–Crippen MR) is 95.5 cm³/mol. The molecule has 2 amide bonds. The number of amides is 2. The third-order valence-electron chi connectivity index (χ3n) is 3.21. The zero-order valence-electron chi connectivity index (χ0n) is 13.1. The maximum atomic E-state index is 12.3. The molecule has 1 aromatic carbocycles. The maximum Gasteiger partial charge on any atom is 0.277 e. The van der Waals surface area contributed by atoms with Gasteiger partial charge in [0.1, 0.15) is 11.6 Å². The van der Waals surface area contributed by atoms with Gasteiger partial charge in [-0.1, -0.05) is 11.2 Å². The van der Waals surface area contributed by atoms with Crippen LogP contribution in [0.1, 0.15) is 26.6 Å². The summed E-state index contributed by atoms with van der Waals surface area (Å²) in [6.45, 7) is 1.70. The van der Waals surface area contributed by atoms with Gasteiger partial charge in [0.2, 0.25) is 0 Å². The Morgan fingerprint density at radius 2 is 1.92 bits per heavy atom. The quantitative estimate of drug-likeness (QED) is 0.696. The molecular formula is C17H13BrN4O3. The van der Waals surface area contributed by atoms with Crippen molar-refractivity contribution in [3.8, 4) is 0 Å². The van der Waals surface area contributed by atoms with Gasteiger partial charge in [0.15, 0.2) is 5.69 Å². The highest BCUT2D eigenvalue weighted by molar-refractivity contribution is 9.10. The molecule has 0 fully saturated rings. The van der Waals surface area contributed by atoms with Crippen LogP contribution >= 0.6 is 15.9 Å². The highest BCUT2D eigenvalue weighted by Gasteiger charge is 2.13. The molecule has 0 spiro atoms. The molecule has 0 radical (unpaired) electrons. The zero-order valence-corrected chi connectivity index (χ0v) is 14.7. The van der Waals surface area contributed by atoms with Crippen LogP contribution in [0.15, 0.2) is 57.7 Å². The van der Waals surface area contributed by atoms with E-state index in [0.717, 1.165) is 4.47 Å². The average molecular weight is 401 g/mol. The van der Waals surface area contributed by atoms with E-state index in [-0.39, 0.29) is 11.6 Å². The number of nitrogens with zero attached hydrogens (tertiary/aromatic N) is 2. The van der Waals surface area contributed by atoms with Gasteiger partial charge in [0, 0.05) is 28.0 Å². The highest BCUT2D eigenvalue weighted by Crippen LogP contribution is 2.15. The van der Waals surface area contributed by atoms with E-state index in [4.69, 9.17) is 4.52 Å². The van der Waals surface area contributed by atoms with Crippen LogP contribution < -0.4 is 10.6 Å². The van der Waals surface area contributed by atoms with Gasteiger partial charge >= 0.3 is 0 Å². The van der Waals surface area contributed by atoms with Crippen LogP contribution in [-0.4, -0.2) is 22.0 Å². The number of hydrogen-bond donors (Lipinski definition) is 2. The minimum absolute atomic E-state index is 0.173. The molecule has 3 aromatic rings. The second kappa shape index (κ2) is 7.27. The monoisotopic (exact) mass is 400 g/mol. The topological polar surface area (TPSA) is 97.1 Å². The van der Waals surface area contributed by atoms with Crippen LogP contribution in [0, 0.1) is 6.92 Å². The van der Waals surface area contributed by atoms with Gasteiger partial charge in [0.05, 0.1) is 0 Å². The van der Waals surface area contributed by atoms with Crippen molar-refractivity contribution >= 4 is 39.2 Å². The molecule has 8 heteroatoms. The van der Waals surface area contributed by atoms with Crippen LogP contribution in [0.25, 0.3) is 0 Å². The van der Waals surface area contributed by atoms with Crippen molar-refractivity contribution < 1.29 is 14.1 Å². The van der Waals surface area contributed by atoms with Crippen molar-refractivity contribution in [1.29, 1.82) is 0 Å². The van der Waals surface area contributed by atoms with Gasteiger partial charge in [0.25, 0.3) is 11.8 Å². The standard InChI is InChI=1S/C17H13BrN4O3/c1-10-7-14(22-25-10)17(24)20-13-4-2-3-11(8-13)16(23)21-15-6-5-12(18)9-19-15/h2-9H,1H3,(H,20,24)(H,19,21,23). The SMILES string of the molecule is Cc1cc(C(=O)Nc2cccc(C(=O)Nc3ccc(Br)cn3)c2)no1. The Bertz CT molecular complexity index is 922. The minimum atomic E-state index is -0.413. The Morgan fingerprint density at radius 1 is 1.08 bits per heavy atom. The van der Waals surface area contributed by atoms with E-state index in [9.17, 15) is 9.59 Å². The molecule has 0 unspecified atom stereocenters. The summed E-state index contributed by atoms with van der Waals surface area (Å²) < 4.78 is 5.69. The molecule has 0 atom stereocenters. The smallest absolute Gasteiger partial charge is 0.277 e. The van der Waals surface area contributed by atoms with Crippen molar-refractivity contribution in [2.45, 2.75) is 6.92 Å². The summed E-state index contributed by atoms with van der Waals surface area (Å²) in [5.74, 6) is 0.230. The van der Waals surface area contributed by atoms with Crippen LogP contribution in [0.4, 0.5) is 11.5 Å². The van der Waals surface area contributed by atoms with Crippen molar-refractivity contribution in [3.63, 3.8) is 0 Å². The largest absolute Gasteiger partial charge is 0.361 e. The van der Waals surface area contributed by atoms with E-state index < -0.39 is 5.91 Å². The lowest BCUT2D eigenvalue weighted by molar-refractivity contribution is 0.101. The van der Waals surface area contributed by atoms with Gasteiger partial charge in [-0.3, -0.25) is 9.59 Å². The molecular weight excluding hydrogens is 388 g/mol. The number of aryl methyl sites for hydroxylation is 1. The Kier molecular flexibility index (Phi) is 4.90. The fourth-order valence-corrected chi connectivity index (χ4v) is 2.28. The summed E-state index contributed by atoms with van der Waals surface area (Å²) in [6, 6.07) is 11.6. The molecule has 2 aromatic heterocycles. The van der Waals surface area contributed by atoms with Gasteiger partial charge < -0.3 is 15.2 Å². The molecule has 0 aliphatic rings. The Balaban J connectivity index is 1.71. The molecule has 0 bridgehead atoms. The number of carbonyl (C=O) groups is 2. The third-order valence-corrected chi connectivity index (χ3v) is 3.68. The highest BCUT2D eigenvalue weighted by atomic mass is 79.9. The third kappa shape index (κ3) is 4.30. The van der Waals surface area contributed by atoms with Gasteiger partial charge in [-0.25, -0.2) is 4.98 Å². The number of carbonyl (C=O) groups excluding carboxylic acids is 2. The first-order valence-electron chi connectivity index (χ1n) is 7.29. The summed E-state index contributed by atoms with van der Waals surface area (Å²) >= 11 is 3.28. The van der Waals surface area contributed by atoms with E-state index in [2.05, 4.69) is 36.7 Å². The molecule has 0 aliphatic heterocycles. The molecule has 0 aliphatic carbocycles. The second-order valence-electron chi connectivity index (χ2n) is 5.17. The molecule has 7 nitrogen and oxygen atoms in total. The van der Waals surface area contributed by atoms with E-state index in [1.54, 1.807) is 49.5 Å². The number of hydrogen-bond acceptors (Lipinski definition) is 5. The van der Waals surface area contributed by atoms with Crippen molar-refractivity contribution in [2.24, 2.45) is 0 Å². The van der Waals surface area contributed by atoms with Crippen molar-refractivity contribution in [3.05, 3.63) is 70.2 Å². The summed E-state index contributed by atoms with van der Waals surface area (Å²) in [7, 11) is 0.